The lowest BCUT2D eigenvalue weighted by atomic mass is 10.1. The van der Waals surface area contributed by atoms with Gasteiger partial charge in [-0.05, 0) is 31.7 Å². The lowest BCUT2D eigenvalue weighted by Crippen LogP contribution is -2.49. The average molecular weight is 290 g/mol. The van der Waals surface area contributed by atoms with Crippen LogP contribution in [0.25, 0.3) is 0 Å². The molecule has 3 rings (SSSR count). The zero-order valence-electron chi connectivity index (χ0n) is 12.3. The number of anilines is 1. The average Bonchev–Trinajstić information content (AvgIpc) is 3.20. The van der Waals surface area contributed by atoms with E-state index in [-0.39, 0.29) is 17.9 Å². The van der Waals surface area contributed by atoms with E-state index in [1.54, 1.807) is 6.07 Å². The Bertz CT molecular complexity index is 562. The predicted octanol–water partition coefficient (Wildman–Crippen LogP) is 1.15. The van der Waals surface area contributed by atoms with Gasteiger partial charge in [-0.2, -0.15) is 0 Å². The molecule has 2 heterocycles. The Morgan fingerprint density at radius 1 is 1.33 bits per heavy atom. The van der Waals surface area contributed by atoms with E-state index in [2.05, 4.69) is 5.32 Å². The Morgan fingerprint density at radius 3 is 2.76 bits per heavy atom. The summed E-state index contributed by atoms with van der Waals surface area (Å²) in [7, 11) is 0. The first-order valence-electron chi connectivity index (χ1n) is 7.58. The van der Waals surface area contributed by atoms with Crippen LogP contribution in [0.5, 0.6) is 0 Å². The molecule has 1 saturated heterocycles. The normalized spacial score (nSPS) is 22.1. The van der Waals surface area contributed by atoms with Gasteiger partial charge in [-0.15, -0.1) is 0 Å². The van der Waals surface area contributed by atoms with Crippen molar-refractivity contribution in [1.29, 1.82) is 0 Å². The molecule has 1 atom stereocenters. The molecule has 114 valence electrons. The van der Waals surface area contributed by atoms with Crippen molar-refractivity contribution in [2.45, 2.75) is 44.7 Å². The number of nitrogens with one attached hydrogen (secondary N) is 1. The molecule has 21 heavy (non-hydrogen) atoms. The first-order chi connectivity index (χ1) is 10.0. The Kier molecular flexibility index (Phi) is 3.61. The number of nitrogens with zero attached hydrogens (tertiary/aromatic N) is 2. The van der Waals surface area contributed by atoms with Crippen molar-refractivity contribution in [2.24, 2.45) is 0 Å². The molecular weight excluding hydrogens is 268 g/mol. The predicted molar refractivity (Wildman–Crippen MR) is 79.9 cm³/mol. The van der Waals surface area contributed by atoms with E-state index in [0.29, 0.717) is 24.0 Å². The van der Waals surface area contributed by atoms with E-state index < -0.39 is 0 Å². The van der Waals surface area contributed by atoms with E-state index in [0.717, 1.165) is 32.2 Å². The van der Waals surface area contributed by atoms with Crippen LogP contribution in [0.15, 0.2) is 12.3 Å². The third-order valence-corrected chi connectivity index (χ3v) is 4.15. The number of nitrogen functional groups attached to an aromatic ring is 1. The molecule has 6 heteroatoms. The second-order valence-electron chi connectivity index (χ2n) is 6.09. The van der Waals surface area contributed by atoms with E-state index in [1.807, 2.05) is 15.7 Å². The zero-order valence-corrected chi connectivity index (χ0v) is 12.3. The lowest BCUT2D eigenvalue weighted by molar-refractivity contribution is -0.120. The highest BCUT2D eigenvalue weighted by atomic mass is 16.2. The quantitative estimate of drug-likeness (QED) is 0.876. The Balaban J connectivity index is 1.74. The van der Waals surface area contributed by atoms with Crippen molar-refractivity contribution in [3.8, 4) is 0 Å². The third-order valence-electron chi connectivity index (χ3n) is 4.15. The number of aromatic nitrogens is 1. The second kappa shape index (κ2) is 5.42. The van der Waals surface area contributed by atoms with Crippen molar-refractivity contribution in [3.05, 3.63) is 18.0 Å². The molecular formula is C15H22N4O2. The summed E-state index contributed by atoms with van der Waals surface area (Å²) in [4.78, 5) is 25.7. The van der Waals surface area contributed by atoms with Gasteiger partial charge in [0.1, 0.15) is 5.69 Å². The number of rotatable bonds is 3. The number of likely N-dealkylation sites (tertiary alicyclic amines) is 1. The molecule has 0 radical (unpaired) electrons. The molecule has 0 spiro atoms. The van der Waals surface area contributed by atoms with Gasteiger partial charge in [-0.25, -0.2) is 0 Å². The highest BCUT2D eigenvalue weighted by molar-refractivity contribution is 5.94. The molecule has 1 aliphatic carbocycles. The van der Waals surface area contributed by atoms with Gasteiger partial charge in [0.2, 0.25) is 5.91 Å². The Hall–Kier alpha value is -1.98. The summed E-state index contributed by atoms with van der Waals surface area (Å²) in [6.07, 6.45) is 5.93. The zero-order chi connectivity index (χ0) is 15.0. The van der Waals surface area contributed by atoms with Crippen LogP contribution < -0.4 is 11.1 Å². The van der Waals surface area contributed by atoms with Crippen LogP contribution in [-0.2, 0) is 4.79 Å². The number of nitrogens with two attached hydrogens (primary N) is 1. The minimum Gasteiger partial charge on any atom is -0.397 e. The molecule has 2 amide bonds. The molecule has 1 aliphatic heterocycles. The molecule has 1 unspecified atom stereocenters. The van der Waals surface area contributed by atoms with Crippen molar-refractivity contribution >= 4 is 17.5 Å². The van der Waals surface area contributed by atoms with E-state index in [4.69, 9.17) is 5.73 Å². The van der Waals surface area contributed by atoms with Gasteiger partial charge in [0.15, 0.2) is 0 Å². The van der Waals surface area contributed by atoms with Gasteiger partial charge in [0, 0.05) is 38.3 Å². The number of hydrogen-bond donors (Lipinski definition) is 2. The molecule has 1 aromatic rings. The number of hydrogen-bond acceptors (Lipinski definition) is 3. The number of piperidine rings is 1. The van der Waals surface area contributed by atoms with Crippen LogP contribution in [0, 0.1) is 0 Å². The van der Waals surface area contributed by atoms with Crippen molar-refractivity contribution in [3.63, 3.8) is 0 Å². The first kappa shape index (κ1) is 14.0. The van der Waals surface area contributed by atoms with Crippen molar-refractivity contribution < 1.29 is 9.59 Å². The molecule has 0 bridgehead atoms. The van der Waals surface area contributed by atoms with E-state index >= 15 is 0 Å². The van der Waals surface area contributed by atoms with E-state index in [1.165, 1.54) is 6.92 Å². The summed E-state index contributed by atoms with van der Waals surface area (Å²) >= 11 is 0. The lowest BCUT2D eigenvalue weighted by Gasteiger charge is -2.33. The Labute approximate surface area is 124 Å². The van der Waals surface area contributed by atoms with Crippen molar-refractivity contribution in [2.75, 3.05) is 18.8 Å². The van der Waals surface area contributed by atoms with Crippen LogP contribution in [0.1, 0.15) is 49.1 Å². The van der Waals surface area contributed by atoms with Crippen LogP contribution in [0.4, 0.5) is 5.69 Å². The van der Waals surface area contributed by atoms with Crippen LogP contribution >= 0.6 is 0 Å². The molecule has 1 saturated carbocycles. The second-order valence-corrected chi connectivity index (χ2v) is 6.09. The standard InChI is InChI=1S/C15H22N4O2/c1-10(20)17-12-3-2-6-18(9-12)15(21)14-7-11(16)8-19(14)13-4-5-13/h7-8,12-13H,2-6,9,16H2,1H3,(H,17,20). The monoisotopic (exact) mass is 290 g/mol. The maximum atomic E-state index is 12.7. The maximum absolute atomic E-state index is 12.7. The van der Waals surface area contributed by atoms with E-state index in [9.17, 15) is 9.59 Å². The van der Waals surface area contributed by atoms with Gasteiger partial charge < -0.3 is 20.5 Å². The minimum absolute atomic E-state index is 0.0219. The summed E-state index contributed by atoms with van der Waals surface area (Å²) in [5.41, 5.74) is 7.18. The van der Waals surface area contributed by atoms with Gasteiger partial charge in [-0.3, -0.25) is 9.59 Å². The molecule has 2 fully saturated rings. The molecule has 0 aromatic carbocycles. The summed E-state index contributed by atoms with van der Waals surface area (Å²) in [5, 5.41) is 2.91. The first-order valence-corrected chi connectivity index (χ1v) is 7.58. The SMILES string of the molecule is CC(=O)NC1CCCN(C(=O)c2cc(N)cn2C2CC2)C1. The largest absolute Gasteiger partial charge is 0.397 e. The number of carbonyl (C=O) groups is 2. The summed E-state index contributed by atoms with van der Waals surface area (Å²) < 4.78 is 2.01. The molecule has 3 N–H and O–H groups in total. The molecule has 2 aliphatic rings. The van der Waals surface area contributed by atoms with Gasteiger partial charge >= 0.3 is 0 Å². The third kappa shape index (κ3) is 3.04. The summed E-state index contributed by atoms with van der Waals surface area (Å²) in [6, 6.07) is 2.25. The van der Waals surface area contributed by atoms with Gasteiger partial charge in [0.25, 0.3) is 5.91 Å². The topological polar surface area (TPSA) is 80.4 Å². The maximum Gasteiger partial charge on any atom is 0.270 e. The van der Waals surface area contributed by atoms with Crippen LogP contribution in [0.2, 0.25) is 0 Å². The fourth-order valence-corrected chi connectivity index (χ4v) is 3.06. The highest BCUT2D eigenvalue weighted by Crippen LogP contribution is 2.37. The van der Waals surface area contributed by atoms with Gasteiger partial charge in [0.05, 0.1) is 5.69 Å². The fraction of sp³-hybridized carbons (Fsp3) is 0.600. The fourth-order valence-electron chi connectivity index (χ4n) is 3.06. The minimum atomic E-state index is -0.0418. The molecule has 1 aromatic heterocycles. The number of amides is 2. The number of carbonyl (C=O) groups excluding carboxylic acids is 2. The Morgan fingerprint density at radius 2 is 2.10 bits per heavy atom. The van der Waals surface area contributed by atoms with Crippen molar-refractivity contribution in [1.82, 2.24) is 14.8 Å². The highest BCUT2D eigenvalue weighted by Gasteiger charge is 2.31. The van der Waals surface area contributed by atoms with Gasteiger partial charge in [-0.1, -0.05) is 0 Å². The summed E-state index contributed by atoms with van der Waals surface area (Å²) in [6.45, 7) is 2.83. The van der Waals surface area contributed by atoms with Crippen LogP contribution in [0.3, 0.4) is 0 Å². The summed E-state index contributed by atoms with van der Waals surface area (Å²) in [5.74, 6) is -0.0199. The smallest absolute Gasteiger partial charge is 0.270 e. The molecule has 6 nitrogen and oxygen atoms in total. The van der Waals surface area contributed by atoms with Crippen LogP contribution in [-0.4, -0.2) is 40.4 Å².